The SMILES string of the molecule is CC(C)Oc1ccc(C(=O)O)cc1NC(=O)CNC(=O)COc1ccccc1. The third-order valence-corrected chi connectivity index (χ3v) is 3.42. The smallest absolute Gasteiger partial charge is 0.335 e. The quantitative estimate of drug-likeness (QED) is 0.609. The van der Waals surface area contributed by atoms with Gasteiger partial charge in [-0.15, -0.1) is 0 Å². The molecular weight excluding hydrogens is 364 g/mol. The Morgan fingerprint density at radius 2 is 1.75 bits per heavy atom. The van der Waals surface area contributed by atoms with Gasteiger partial charge >= 0.3 is 5.97 Å². The van der Waals surface area contributed by atoms with Crippen molar-refractivity contribution in [1.29, 1.82) is 0 Å². The van der Waals surface area contributed by atoms with Gasteiger partial charge in [0.2, 0.25) is 5.91 Å². The van der Waals surface area contributed by atoms with Crippen molar-refractivity contribution >= 4 is 23.5 Å². The molecule has 2 rings (SSSR count). The minimum Gasteiger partial charge on any atom is -0.489 e. The van der Waals surface area contributed by atoms with Crippen molar-refractivity contribution < 1.29 is 29.0 Å². The van der Waals surface area contributed by atoms with Gasteiger partial charge in [0.25, 0.3) is 5.91 Å². The van der Waals surface area contributed by atoms with Crippen LogP contribution >= 0.6 is 0 Å². The summed E-state index contributed by atoms with van der Waals surface area (Å²) in [6.07, 6.45) is -0.166. The van der Waals surface area contributed by atoms with Crippen molar-refractivity contribution in [2.75, 3.05) is 18.5 Å². The molecule has 0 atom stereocenters. The number of amides is 2. The van der Waals surface area contributed by atoms with E-state index < -0.39 is 17.8 Å². The number of aromatic carboxylic acids is 1. The molecule has 8 nitrogen and oxygen atoms in total. The number of hydrogen-bond acceptors (Lipinski definition) is 5. The standard InChI is InChI=1S/C20H22N2O6/c1-13(2)28-17-9-8-14(20(25)26)10-16(17)22-18(23)11-21-19(24)12-27-15-6-4-3-5-7-15/h3-10,13H,11-12H2,1-2H3,(H,21,24)(H,22,23)(H,25,26). The maximum absolute atomic E-state index is 12.1. The molecule has 0 saturated heterocycles. The summed E-state index contributed by atoms with van der Waals surface area (Å²) in [6.45, 7) is 3.09. The van der Waals surface area contributed by atoms with Crippen LogP contribution in [-0.2, 0) is 9.59 Å². The van der Waals surface area contributed by atoms with Crippen molar-refractivity contribution in [3.8, 4) is 11.5 Å². The summed E-state index contributed by atoms with van der Waals surface area (Å²) in [5.74, 6) is -1.23. The molecule has 2 amide bonds. The molecule has 3 N–H and O–H groups in total. The zero-order valence-corrected chi connectivity index (χ0v) is 15.6. The van der Waals surface area contributed by atoms with Crippen LogP contribution in [0.15, 0.2) is 48.5 Å². The van der Waals surface area contributed by atoms with Crippen LogP contribution in [0.2, 0.25) is 0 Å². The van der Waals surface area contributed by atoms with Crippen molar-refractivity contribution in [2.45, 2.75) is 20.0 Å². The summed E-state index contributed by atoms with van der Waals surface area (Å²) in [4.78, 5) is 35.1. The third kappa shape index (κ3) is 6.64. The van der Waals surface area contributed by atoms with Gasteiger partial charge in [-0.1, -0.05) is 18.2 Å². The Hall–Kier alpha value is -3.55. The first kappa shape index (κ1) is 20.8. The normalized spacial score (nSPS) is 10.2. The van der Waals surface area contributed by atoms with Gasteiger partial charge in [-0.2, -0.15) is 0 Å². The molecule has 0 aliphatic carbocycles. The number of carbonyl (C=O) groups is 3. The highest BCUT2D eigenvalue weighted by molar-refractivity contribution is 5.97. The van der Waals surface area contributed by atoms with E-state index in [0.717, 1.165) is 0 Å². The minimum absolute atomic E-state index is 0.00621. The first-order valence-corrected chi connectivity index (χ1v) is 8.63. The zero-order valence-electron chi connectivity index (χ0n) is 15.6. The summed E-state index contributed by atoms with van der Waals surface area (Å²) in [5.41, 5.74) is 0.222. The predicted octanol–water partition coefficient (Wildman–Crippen LogP) is 2.31. The van der Waals surface area contributed by atoms with E-state index in [-0.39, 0.29) is 30.5 Å². The van der Waals surface area contributed by atoms with Crippen molar-refractivity contribution in [3.05, 3.63) is 54.1 Å². The highest BCUT2D eigenvalue weighted by atomic mass is 16.5. The lowest BCUT2D eigenvalue weighted by Gasteiger charge is -2.16. The van der Waals surface area contributed by atoms with E-state index in [1.54, 1.807) is 24.3 Å². The molecule has 0 bridgehead atoms. The van der Waals surface area contributed by atoms with Gasteiger partial charge in [-0.25, -0.2) is 4.79 Å². The maximum Gasteiger partial charge on any atom is 0.335 e. The molecule has 0 aliphatic rings. The van der Waals surface area contributed by atoms with Crippen LogP contribution in [0, 0.1) is 0 Å². The van der Waals surface area contributed by atoms with E-state index in [0.29, 0.717) is 11.5 Å². The van der Waals surface area contributed by atoms with Crippen molar-refractivity contribution in [3.63, 3.8) is 0 Å². The average Bonchev–Trinajstić information content (AvgIpc) is 2.66. The Kier molecular flexibility index (Phi) is 7.38. The molecular formula is C20H22N2O6. The molecule has 0 unspecified atom stereocenters. The Balaban J connectivity index is 1.91. The van der Waals surface area contributed by atoms with Crippen molar-refractivity contribution in [1.82, 2.24) is 5.32 Å². The van der Waals surface area contributed by atoms with Crippen LogP contribution in [0.4, 0.5) is 5.69 Å². The van der Waals surface area contributed by atoms with Gasteiger partial charge in [-0.3, -0.25) is 9.59 Å². The molecule has 0 aromatic heterocycles. The fourth-order valence-electron chi connectivity index (χ4n) is 2.21. The Morgan fingerprint density at radius 1 is 1.04 bits per heavy atom. The highest BCUT2D eigenvalue weighted by Gasteiger charge is 2.14. The molecule has 148 valence electrons. The third-order valence-electron chi connectivity index (χ3n) is 3.42. The number of hydrogen-bond donors (Lipinski definition) is 3. The van der Waals surface area contributed by atoms with Gasteiger partial charge in [0, 0.05) is 0 Å². The Morgan fingerprint density at radius 3 is 2.39 bits per heavy atom. The van der Waals surface area contributed by atoms with Crippen LogP contribution < -0.4 is 20.1 Å². The summed E-state index contributed by atoms with van der Waals surface area (Å²) in [5, 5.41) is 14.1. The fourth-order valence-corrected chi connectivity index (χ4v) is 2.21. The monoisotopic (exact) mass is 386 g/mol. The molecule has 0 spiro atoms. The number of carboxylic acids is 1. The molecule has 2 aromatic rings. The van der Waals surface area contributed by atoms with Crippen LogP contribution in [0.1, 0.15) is 24.2 Å². The average molecular weight is 386 g/mol. The number of carboxylic acid groups (broad SMARTS) is 1. The number of carbonyl (C=O) groups excluding carboxylic acids is 2. The molecule has 8 heteroatoms. The van der Waals surface area contributed by atoms with E-state index in [9.17, 15) is 14.4 Å². The van der Waals surface area contributed by atoms with Gasteiger partial charge in [0.1, 0.15) is 11.5 Å². The molecule has 2 aromatic carbocycles. The Labute approximate surface area is 162 Å². The number of nitrogens with one attached hydrogen (secondary N) is 2. The summed E-state index contributed by atoms with van der Waals surface area (Å²) in [6, 6.07) is 13.0. The van der Waals surface area contributed by atoms with Gasteiger partial charge in [0.15, 0.2) is 6.61 Å². The van der Waals surface area contributed by atoms with Gasteiger partial charge in [0.05, 0.1) is 23.9 Å². The fraction of sp³-hybridized carbons (Fsp3) is 0.250. The van der Waals surface area contributed by atoms with Crippen LogP contribution in [-0.4, -0.2) is 42.1 Å². The number of rotatable bonds is 9. The molecule has 0 saturated carbocycles. The van der Waals surface area contributed by atoms with Crippen LogP contribution in [0.25, 0.3) is 0 Å². The van der Waals surface area contributed by atoms with Gasteiger partial charge in [-0.05, 0) is 44.2 Å². The molecule has 0 fully saturated rings. The van der Waals surface area contributed by atoms with E-state index in [1.807, 2.05) is 19.9 Å². The second-order valence-corrected chi connectivity index (χ2v) is 6.11. The lowest BCUT2D eigenvalue weighted by Crippen LogP contribution is -2.35. The number of benzene rings is 2. The minimum atomic E-state index is -1.13. The molecule has 28 heavy (non-hydrogen) atoms. The molecule has 0 heterocycles. The zero-order chi connectivity index (χ0) is 20.5. The summed E-state index contributed by atoms with van der Waals surface area (Å²) < 4.78 is 10.9. The number of para-hydroxylation sites is 1. The van der Waals surface area contributed by atoms with Crippen LogP contribution in [0.5, 0.6) is 11.5 Å². The lowest BCUT2D eigenvalue weighted by molar-refractivity contribution is -0.125. The first-order valence-electron chi connectivity index (χ1n) is 8.63. The predicted molar refractivity (Wildman–Crippen MR) is 103 cm³/mol. The van der Waals surface area contributed by atoms with E-state index in [2.05, 4.69) is 10.6 Å². The largest absolute Gasteiger partial charge is 0.489 e. The number of ether oxygens (including phenoxy) is 2. The summed E-state index contributed by atoms with van der Waals surface area (Å²) >= 11 is 0. The lowest BCUT2D eigenvalue weighted by atomic mass is 10.2. The summed E-state index contributed by atoms with van der Waals surface area (Å²) in [7, 11) is 0. The van der Waals surface area contributed by atoms with Gasteiger partial charge < -0.3 is 25.2 Å². The molecule has 0 radical (unpaired) electrons. The second kappa shape index (κ2) is 9.96. The Bertz CT molecular complexity index is 836. The van der Waals surface area contributed by atoms with E-state index in [4.69, 9.17) is 14.6 Å². The topological polar surface area (TPSA) is 114 Å². The van der Waals surface area contributed by atoms with E-state index >= 15 is 0 Å². The van der Waals surface area contributed by atoms with Crippen molar-refractivity contribution in [2.24, 2.45) is 0 Å². The van der Waals surface area contributed by atoms with Crippen LogP contribution in [0.3, 0.4) is 0 Å². The number of anilines is 1. The second-order valence-electron chi connectivity index (χ2n) is 6.11. The highest BCUT2D eigenvalue weighted by Crippen LogP contribution is 2.27. The first-order chi connectivity index (χ1) is 13.3. The maximum atomic E-state index is 12.1. The molecule has 0 aliphatic heterocycles. The van der Waals surface area contributed by atoms with E-state index in [1.165, 1.54) is 18.2 Å².